The summed E-state index contributed by atoms with van der Waals surface area (Å²) < 4.78 is 25.7. The lowest BCUT2D eigenvalue weighted by Gasteiger charge is -2.01. The minimum Gasteiger partial charge on any atom is -0.325 e. The number of hydrogen-bond acceptors (Lipinski definition) is 4. The average Bonchev–Trinajstić information content (AvgIpc) is 2.74. The number of nitrogens with zero attached hydrogens (tertiary/aromatic N) is 4. The highest BCUT2D eigenvalue weighted by Crippen LogP contribution is 2.20. The Labute approximate surface area is 89.9 Å². The van der Waals surface area contributed by atoms with Gasteiger partial charge in [-0.25, -0.2) is 4.68 Å². The van der Waals surface area contributed by atoms with Crippen LogP contribution in [0, 0.1) is 0 Å². The molecule has 2 aromatic rings. The zero-order valence-electron chi connectivity index (χ0n) is 8.22. The Bertz CT molecular complexity index is 468. The molecule has 2 aromatic heterocycles. The maximum atomic E-state index is 12.6. The summed E-state index contributed by atoms with van der Waals surface area (Å²) in [4.78, 5) is 7.81. The second-order valence-corrected chi connectivity index (χ2v) is 3.04. The maximum Gasteiger partial charge on any atom is 0.333 e. The Morgan fingerprint density at radius 2 is 2.12 bits per heavy atom. The summed E-state index contributed by atoms with van der Waals surface area (Å²) in [5.74, 6) is 0. The first kappa shape index (κ1) is 10.6. The van der Waals surface area contributed by atoms with Crippen LogP contribution in [-0.4, -0.2) is 19.7 Å². The summed E-state index contributed by atoms with van der Waals surface area (Å²) >= 11 is 0. The highest BCUT2D eigenvalue weighted by molar-refractivity contribution is 5.52. The normalized spacial score (nSPS) is 11.0. The lowest BCUT2D eigenvalue weighted by Crippen LogP contribution is -2.09. The molecular formula is C9H9F2N5. The van der Waals surface area contributed by atoms with Crippen LogP contribution < -0.4 is 5.73 Å². The molecule has 0 aliphatic carbocycles. The quantitative estimate of drug-likeness (QED) is 0.851. The molecule has 0 aliphatic heterocycles. The van der Waals surface area contributed by atoms with Crippen molar-refractivity contribution in [2.75, 3.05) is 0 Å². The Morgan fingerprint density at radius 3 is 2.62 bits per heavy atom. The minimum atomic E-state index is -2.70. The largest absolute Gasteiger partial charge is 0.333 e. The van der Waals surface area contributed by atoms with Gasteiger partial charge in [-0.05, 0) is 6.07 Å². The van der Waals surface area contributed by atoms with Gasteiger partial charge >= 0.3 is 6.55 Å². The first-order valence-corrected chi connectivity index (χ1v) is 4.55. The van der Waals surface area contributed by atoms with Crippen molar-refractivity contribution in [3.8, 4) is 11.4 Å². The number of hydrogen-bond donors (Lipinski definition) is 1. The molecule has 5 nitrogen and oxygen atoms in total. The van der Waals surface area contributed by atoms with Gasteiger partial charge < -0.3 is 5.73 Å². The summed E-state index contributed by atoms with van der Waals surface area (Å²) in [5, 5.41) is 3.73. The summed E-state index contributed by atoms with van der Waals surface area (Å²) in [6.45, 7) is -2.71. The van der Waals surface area contributed by atoms with Crippen LogP contribution in [0.4, 0.5) is 8.78 Å². The minimum absolute atomic E-state index is 0.00238. The van der Waals surface area contributed by atoms with Crippen molar-refractivity contribution in [1.29, 1.82) is 0 Å². The van der Waals surface area contributed by atoms with Gasteiger partial charge in [0.15, 0.2) is 0 Å². The summed E-state index contributed by atoms with van der Waals surface area (Å²) in [6, 6.07) is 1.48. The Morgan fingerprint density at radius 1 is 1.31 bits per heavy atom. The molecule has 0 aliphatic rings. The highest BCUT2D eigenvalue weighted by Gasteiger charge is 2.15. The van der Waals surface area contributed by atoms with Crippen LogP contribution in [0.1, 0.15) is 12.2 Å². The van der Waals surface area contributed by atoms with Crippen molar-refractivity contribution >= 4 is 0 Å². The van der Waals surface area contributed by atoms with Crippen LogP contribution in [-0.2, 0) is 6.54 Å². The predicted octanol–water partition coefficient (Wildman–Crippen LogP) is 1.19. The molecule has 0 atom stereocenters. The van der Waals surface area contributed by atoms with Crippen LogP contribution in [0.25, 0.3) is 11.4 Å². The lowest BCUT2D eigenvalue weighted by molar-refractivity contribution is 0.0537. The molecule has 7 heteroatoms. The summed E-state index contributed by atoms with van der Waals surface area (Å²) in [6.07, 6.45) is 4.43. The molecular weight excluding hydrogens is 216 g/mol. The van der Waals surface area contributed by atoms with Crippen molar-refractivity contribution in [2.24, 2.45) is 5.73 Å². The molecule has 2 heterocycles. The van der Waals surface area contributed by atoms with Gasteiger partial charge in [-0.1, -0.05) is 0 Å². The molecule has 0 bridgehead atoms. The van der Waals surface area contributed by atoms with E-state index in [9.17, 15) is 8.78 Å². The fourth-order valence-electron chi connectivity index (χ4n) is 1.31. The molecule has 0 aromatic carbocycles. The number of aromatic nitrogens is 4. The molecule has 84 valence electrons. The fourth-order valence-corrected chi connectivity index (χ4v) is 1.31. The molecule has 16 heavy (non-hydrogen) atoms. The van der Waals surface area contributed by atoms with Gasteiger partial charge in [0.25, 0.3) is 0 Å². The molecule has 0 saturated carbocycles. The van der Waals surface area contributed by atoms with Crippen molar-refractivity contribution in [3.63, 3.8) is 0 Å². The van der Waals surface area contributed by atoms with E-state index in [1.54, 1.807) is 0 Å². The third-order valence-electron chi connectivity index (χ3n) is 2.03. The van der Waals surface area contributed by atoms with Crippen LogP contribution in [0.3, 0.4) is 0 Å². The predicted molar refractivity (Wildman–Crippen MR) is 52.4 cm³/mol. The van der Waals surface area contributed by atoms with E-state index in [1.165, 1.54) is 24.7 Å². The second kappa shape index (κ2) is 4.31. The van der Waals surface area contributed by atoms with E-state index in [-0.39, 0.29) is 12.2 Å². The van der Waals surface area contributed by atoms with Crippen LogP contribution in [0.15, 0.2) is 24.7 Å². The number of rotatable bonds is 3. The average molecular weight is 225 g/mol. The monoisotopic (exact) mass is 225 g/mol. The smallest absolute Gasteiger partial charge is 0.325 e. The standard InChI is InChI=1S/C9H9F2N5/c10-9(11)16-6(4-12)3-7(15-16)8-5-13-1-2-14-8/h1-3,5,9H,4,12H2. The van der Waals surface area contributed by atoms with E-state index in [1.807, 2.05) is 0 Å². The van der Waals surface area contributed by atoms with E-state index in [0.29, 0.717) is 16.1 Å². The topological polar surface area (TPSA) is 69.6 Å². The zero-order chi connectivity index (χ0) is 11.5. The molecule has 0 saturated heterocycles. The van der Waals surface area contributed by atoms with Crippen molar-refractivity contribution in [2.45, 2.75) is 13.1 Å². The van der Waals surface area contributed by atoms with E-state index in [0.717, 1.165) is 0 Å². The highest BCUT2D eigenvalue weighted by atomic mass is 19.3. The number of alkyl halides is 2. The third kappa shape index (κ3) is 1.89. The molecule has 0 amide bonds. The van der Waals surface area contributed by atoms with Crippen LogP contribution in [0.5, 0.6) is 0 Å². The van der Waals surface area contributed by atoms with Gasteiger partial charge in [0.2, 0.25) is 0 Å². The molecule has 0 fully saturated rings. The second-order valence-electron chi connectivity index (χ2n) is 3.04. The molecule has 0 spiro atoms. The zero-order valence-corrected chi connectivity index (χ0v) is 8.22. The van der Waals surface area contributed by atoms with Gasteiger partial charge in [-0.3, -0.25) is 9.97 Å². The van der Waals surface area contributed by atoms with Crippen LogP contribution in [0.2, 0.25) is 0 Å². The Kier molecular flexibility index (Phi) is 2.86. The summed E-state index contributed by atoms with van der Waals surface area (Å²) in [5.41, 5.74) is 6.39. The molecule has 2 rings (SSSR count). The van der Waals surface area contributed by atoms with Gasteiger partial charge in [0.1, 0.15) is 11.4 Å². The van der Waals surface area contributed by atoms with Crippen LogP contribution >= 0.6 is 0 Å². The van der Waals surface area contributed by atoms with Crippen molar-refractivity contribution in [3.05, 3.63) is 30.4 Å². The molecule has 0 unspecified atom stereocenters. The number of halogens is 2. The van der Waals surface area contributed by atoms with Gasteiger partial charge in [-0.2, -0.15) is 13.9 Å². The van der Waals surface area contributed by atoms with Crippen molar-refractivity contribution in [1.82, 2.24) is 19.7 Å². The van der Waals surface area contributed by atoms with Gasteiger partial charge in [0.05, 0.1) is 11.9 Å². The maximum absolute atomic E-state index is 12.6. The molecule has 0 radical (unpaired) electrons. The SMILES string of the molecule is NCc1cc(-c2cnccn2)nn1C(F)F. The molecule has 2 N–H and O–H groups in total. The van der Waals surface area contributed by atoms with E-state index in [4.69, 9.17) is 5.73 Å². The fraction of sp³-hybridized carbons (Fsp3) is 0.222. The van der Waals surface area contributed by atoms with Gasteiger partial charge in [0, 0.05) is 18.9 Å². The summed E-state index contributed by atoms with van der Waals surface area (Å²) in [7, 11) is 0. The Balaban J connectivity index is 2.44. The van der Waals surface area contributed by atoms with E-state index in [2.05, 4.69) is 15.1 Å². The number of nitrogens with two attached hydrogens (primary N) is 1. The van der Waals surface area contributed by atoms with E-state index >= 15 is 0 Å². The third-order valence-corrected chi connectivity index (χ3v) is 2.03. The van der Waals surface area contributed by atoms with Crippen molar-refractivity contribution < 1.29 is 8.78 Å². The Hall–Kier alpha value is -1.89. The van der Waals surface area contributed by atoms with E-state index < -0.39 is 6.55 Å². The first-order valence-electron chi connectivity index (χ1n) is 4.55. The van der Waals surface area contributed by atoms with Gasteiger partial charge in [-0.15, -0.1) is 0 Å². The first-order chi connectivity index (χ1) is 7.72. The lowest BCUT2D eigenvalue weighted by atomic mass is 10.3.